The van der Waals surface area contributed by atoms with Crippen molar-refractivity contribution in [3.63, 3.8) is 0 Å². The molecule has 0 unspecified atom stereocenters. The van der Waals surface area contributed by atoms with Crippen LogP contribution in [0.5, 0.6) is 5.75 Å². The van der Waals surface area contributed by atoms with Gasteiger partial charge in [-0.1, -0.05) is 6.08 Å². The van der Waals surface area contributed by atoms with Gasteiger partial charge in [-0.05, 0) is 6.42 Å². The van der Waals surface area contributed by atoms with E-state index in [0.717, 1.165) is 12.2 Å². The van der Waals surface area contributed by atoms with E-state index >= 15 is 0 Å². The lowest BCUT2D eigenvalue weighted by Crippen LogP contribution is -1.93. The summed E-state index contributed by atoms with van der Waals surface area (Å²) in [5, 5.41) is 6.38. The highest BCUT2D eigenvalue weighted by Crippen LogP contribution is 2.04. The molecule has 0 aliphatic heterocycles. The molecule has 1 aromatic heterocycles. The Morgan fingerprint density at radius 2 is 2.70 bits per heavy atom. The second-order valence-electron chi connectivity index (χ2n) is 1.86. The van der Waals surface area contributed by atoms with E-state index in [2.05, 4.69) is 16.8 Å². The van der Waals surface area contributed by atoms with E-state index in [1.165, 1.54) is 0 Å². The Hall–Kier alpha value is -1.25. The minimum absolute atomic E-state index is 0.670. The fourth-order valence-electron chi connectivity index (χ4n) is 0.578. The number of hydrogen-bond acceptors (Lipinski definition) is 2. The highest BCUT2D eigenvalue weighted by atomic mass is 16.5. The number of hydrogen-bond donors (Lipinski definition) is 1. The average Bonchev–Trinajstić information content (AvgIpc) is 2.41. The molecule has 0 bridgehead atoms. The molecule has 0 aliphatic carbocycles. The number of ether oxygens (including phenoxy) is 1. The summed E-state index contributed by atoms with van der Waals surface area (Å²) in [5.74, 6) is 0.779. The normalized spacial score (nSPS) is 9.20. The van der Waals surface area contributed by atoms with E-state index in [9.17, 15) is 0 Å². The zero-order chi connectivity index (χ0) is 7.23. The number of nitrogens with one attached hydrogen (secondary N) is 1. The fraction of sp³-hybridized carbons (Fsp3) is 0.286. The van der Waals surface area contributed by atoms with Gasteiger partial charge in [0.05, 0.1) is 19.0 Å². The standard InChI is InChI=1S/C7H10N2O/c1-2-3-4-10-7-5-8-9-6-7/h2,5-6H,1,3-4H2,(H,8,9). The summed E-state index contributed by atoms with van der Waals surface area (Å²) in [6, 6.07) is 0. The Bertz CT molecular complexity index is 181. The van der Waals surface area contributed by atoms with Crippen LogP contribution in [0.1, 0.15) is 6.42 Å². The molecule has 0 saturated carbocycles. The molecule has 0 aliphatic rings. The maximum atomic E-state index is 5.22. The molecule has 3 nitrogen and oxygen atoms in total. The monoisotopic (exact) mass is 138 g/mol. The van der Waals surface area contributed by atoms with Crippen LogP contribution in [0.15, 0.2) is 25.0 Å². The van der Waals surface area contributed by atoms with E-state index in [0.29, 0.717) is 6.61 Å². The van der Waals surface area contributed by atoms with Crippen molar-refractivity contribution >= 4 is 0 Å². The van der Waals surface area contributed by atoms with Crippen molar-refractivity contribution in [2.45, 2.75) is 6.42 Å². The van der Waals surface area contributed by atoms with E-state index in [4.69, 9.17) is 4.74 Å². The van der Waals surface area contributed by atoms with Gasteiger partial charge in [-0.3, -0.25) is 5.10 Å². The second-order valence-corrected chi connectivity index (χ2v) is 1.86. The zero-order valence-electron chi connectivity index (χ0n) is 5.71. The molecule has 1 aromatic rings. The first-order valence-corrected chi connectivity index (χ1v) is 3.16. The van der Waals surface area contributed by atoms with E-state index in [1.54, 1.807) is 12.4 Å². The molecule has 3 heteroatoms. The minimum atomic E-state index is 0.670. The third-order valence-electron chi connectivity index (χ3n) is 1.06. The molecule has 0 amide bonds. The number of H-pyrrole nitrogens is 1. The Balaban J connectivity index is 2.21. The molecular weight excluding hydrogens is 128 g/mol. The highest BCUT2D eigenvalue weighted by molar-refractivity contribution is 5.09. The summed E-state index contributed by atoms with van der Waals surface area (Å²) in [7, 11) is 0. The molecule has 0 saturated heterocycles. The lowest BCUT2D eigenvalue weighted by atomic mass is 10.4. The van der Waals surface area contributed by atoms with Gasteiger partial charge < -0.3 is 4.74 Å². The van der Waals surface area contributed by atoms with Crippen LogP contribution in [0.3, 0.4) is 0 Å². The second kappa shape index (κ2) is 3.71. The Kier molecular flexibility index (Phi) is 2.55. The van der Waals surface area contributed by atoms with Crippen molar-refractivity contribution in [1.82, 2.24) is 10.2 Å². The molecular formula is C7H10N2O. The van der Waals surface area contributed by atoms with Crippen molar-refractivity contribution in [3.8, 4) is 5.75 Å². The maximum absolute atomic E-state index is 5.22. The van der Waals surface area contributed by atoms with Crippen molar-refractivity contribution < 1.29 is 4.74 Å². The van der Waals surface area contributed by atoms with Crippen molar-refractivity contribution in [2.24, 2.45) is 0 Å². The van der Waals surface area contributed by atoms with Gasteiger partial charge in [0.15, 0.2) is 5.75 Å². The summed E-state index contributed by atoms with van der Waals surface area (Å²) in [5.41, 5.74) is 0. The van der Waals surface area contributed by atoms with Crippen molar-refractivity contribution in [2.75, 3.05) is 6.61 Å². The molecule has 1 N–H and O–H groups in total. The lowest BCUT2D eigenvalue weighted by molar-refractivity contribution is 0.325. The van der Waals surface area contributed by atoms with Gasteiger partial charge in [0.1, 0.15) is 0 Å². The molecule has 10 heavy (non-hydrogen) atoms. The van der Waals surface area contributed by atoms with Crippen LogP contribution in [0.2, 0.25) is 0 Å². The number of nitrogens with zero attached hydrogens (tertiary/aromatic N) is 1. The van der Waals surface area contributed by atoms with Gasteiger partial charge in [-0.25, -0.2) is 0 Å². The van der Waals surface area contributed by atoms with Gasteiger partial charge in [0.2, 0.25) is 0 Å². The van der Waals surface area contributed by atoms with E-state index < -0.39 is 0 Å². The topological polar surface area (TPSA) is 37.9 Å². The number of rotatable bonds is 4. The first-order chi connectivity index (χ1) is 4.93. The smallest absolute Gasteiger partial charge is 0.156 e. The molecule has 1 heterocycles. The Morgan fingerprint density at radius 3 is 3.30 bits per heavy atom. The predicted molar refractivity (Wildman–Crippen MR) is 38.9 cm³/mol. The maximum Gasteiger partial charge on any atom is 0.156 e. The van der Waals surface area contributed by atoms with Crippen molar-refractivity contribution in [3.05, 3.63) is 25.0 Å². The number of aromatic nitrogens is 2. The molecule has 0 radical (unpaired) electrons. The molecule has 0 atom stereocenters. The van der Waals surface area contributed by atoms with Crippen LogP contribution in [0, 0.1) is 0 Å². The van der Waals surface area contributed by atoms with Gasteiger partial charge in [-0.2, -0.15) is 5.10 Å². The summed E-state index contributed by atoms with van der Waals surface area (Å²) < 4.78 is 5.22. The van der Waals surface area contributed by atoms with Gasteiger partial charge in [-0.15, -0.1) is 6.58 Å². The van der Waals surface area contributed by atoms with Crippen LogP contribution in [-0.4, -0.2) is 16.8 Å². The van der Waals surface area contributed by atoms with Crippen LogP contribution in [-0.2, 0) is 0 Å². The zero-order valence-corrected chi connectivity index (χ0v) is 5.71. The molecule has 0 aromatic carbocycles. The summed E-state index contributed by atoms with van der Waals surface area (Å²) >= 11 is 0. The van der Waals surface area contributed by atoms with Crippen LogP contribution >= 0.6 is 0 Å². The average molecular weight is 138 g/mol. The third kappa shape index (κ3) is 1.93. The van der Waals surface area contributed by atoms with Crippen LogP contribution < -0.4 is 4.74 Å². The summed E-state index contributed by atoms with van der Waals surface area (Å²) in [6.45, 7) is 4.25. The molecule has 0 fully saturated rings. The first-order valence-electron chi connectivity index (χ1n) is 3.16. The first kappa shape index (κ1) is 6.86. The fourth-order valence-corrected chi connectivity index (χ4v) is 0.578. The Morgan fingerprint density at radius 1 is 1.80 bits per heavy atom. The molecule has 1 rings (SSSR count). The molecule has 0 spiro atoms. The molecule has 54 valence electrons. The van der Waals surface area contributed by atoms with Crippen molar-refractivity contribution in [1.29, 1.82) is 0 Å². The SMILES string of the molecule is C=CCCOc1cn[nH]c1. The Labute approximate surface area is 59.7 Å². The van der Waals surface area contributed by atoms with Crippen LogP contribution in [0.4, 0.5) is 0 Å². The summed E-state index contributed by atoms with van der Waals surface area (Å²) in [4.78, 5) is 0. The van der Waals surface area contributed by atoms with Gasteiger partial charge >= 0.3 is 0 Å². The predicted octanol–water partition coefficient (Wildman–Crippen LogP) is 1.36. The van der Waals surface area contributed by atoms with E-state index in [1.807, 2.05) is 6.08 Å². The summed E-state index contributed by atoms with van der Waals surface area (Å²) in [6.07, 6.45) is 6.04. The quantitative estimate of drug-likeness (QED) is 0.504. The minimum Gasteiger partial charge on any atom is -0.490 e. The third-order valence-corrected chi connectivity index (χ3v) is 1.06. The van der Waals surface area contributed by atoms with Gasteiger partial charge in [0.25, 0.3) is 0 Å². The highest BCUT2D eigenvalue weighted by Gasteiger charge is 1.89. The lowest BCUT2D eigenvalue weighted by Gasteiger charge is -1.97. The number of aromatic amines is 1. The van der Waals surface area contributed by atoms with Crippen LogP contribution in [0.25, 0.3) is 0 Å². The van der Waals surface area contributed by atoms with E-state index in [-0.39, 0.29) is 0 Å². The largest absolute Gasteiger partial charge is 0.490 e. The van der Waals surface area contributed by atoms with Gasteiger partial charge in [0, 0.05) is 0 Å².